The lowest BCUT2D eigenvalue weighted by Gasteiger charge is -2.14. The van der Waals surface area contributed by atoms with Gasteiger partial charge in [0.05, 0.1) is 24.4 Å². The van der Waals surface area contributed by atoms with Gasteiger partial charge in [0.15, 0.2) is 5.69 Å². The fourth-order valence-corrected chi connectivity index (χ4v) is 4.83. The van der Waals surface area contributed by atoms with Crippen LogP contribution in [0.15, 0.2) is 88.6 Å². The standard InChI is InChI=1S/C32H28N4O4/c1-4-40-31(38)29-28(26-7-5-6-8-27(26)34(29)18-23-13-9-21(2)10-14-23)35-20-25(17-33)30(37)36(32(35)39)19-24-15-11-22(3)12-16-24/h5-16,20H,4,18-19H2,1-3H3. The van der Waals surface area contributed by atoms with Crippen molar-refractivity contribution in [2.24, 2.45) is 0 Å². The number of rotatable bonds is 7. The summed E-state index contributed by atoms with van der Waals surface area (Å²) in [4.78, 5) is 40.7. The smallest absolute Gasteiger partial charge is 0.357 e. The lowest BCUT2D eigenvalue weighted by Crippen LogP contribution is -2.41. The Labute approximate surface area is 230 Å². The molecule has 0 N–H and O–H groups in total. The summed E-state index contributed by atoms with van der Waals surface area (Å²) in [6, 6.07) is 24.7. The van der Waals surface area contributed by atoms with E-state index in [0.717, 1.165) is 26.8 Å². The molecule has 0 spiro atoms. The summed E-state index contributed by atoms with van der Waals surface area (Å²) in [5.41, 5.74) is 3.42. The molecule has 3 aromatic carbocycles. The molecule has 0 saturated heterocycles. The summed E-state index contributed by atoms with van der Waals surface area (Å²) >= 11 is 0. The molecule has 0 unspecified atom stereocenters. The topological polar surface area (TPSA) is 99.0 Å². The van der Waals surface area contributed by atoms with Crippen molar-refractivity contribution >= 4 is 16.9 Å². The average molecular weight is 533 g/mol. The van der Waals surface area contributed by atoms with E-state index >= 15 is 0 Å². The van der Waals surface area contributed by atoms with E-state index in [1.807, 2.05) is 97.3 Å². The third-order valence-corrected chi connectivity index (χ3v) is 6.87. The number of aromatic nitrogens is 3. The van der Waals surface area contributed by atoms with Gasteiger partial charge in [-0.05, 0) is 38.0 Å². The maximum atomic E-state index is 14.0. The Morgan fingerprint density at radius 3 is 2.00 bits per heavy atom. The lowest BCUT2D eigenvalue weighted by atomic mass is 10.1. The van der Waals surface area contributed by atoms with Crippen molar-refractivity contribution in [2.75, 3.05) is 6.61 Å². The van der Waals surface area contributed by atoms with Crippen molar-refractivity contribution in [1.29, 1.82) is 5.26 Å². The Morgan fingerprint density at radius 1 is 0.850 bits per heavy atom. The maximum absolute atomic E-state index is 14.0. The van der Waals surface area contributed by atoms with E-state index in [4.69, 9.17) is 4.74 Å². The first-order chi connectivity index (χ1) is 19.3. The number of fused-ring (bicyclic) bond motifs is 1. The molecule has 40 heavy (non-hydrogen) atoms. The Bertz CT molecular complexity index is 1890. The van der Waals surface area contributed by atoms with E-state index in [0.29, 0.717) is 17.4 Å². The van der Waals surface area contributed by atoms with Crippen LogP contribution in [0.4, 0.5) is 0 Å². The highest BCUT2D eigenvalue weighted by atomic mass is 16.5. The number of ether oxygens (including phenoxy) is 1. The number of hydrogen-bond donors (Lipinski definition) is 0. The van der Waals surface area contributed by atoms with Crippen LogP contribution >= 0.6 is 0 Å². The molecule has 0 bridgehead atoms. The highest BCUT2D eigenvalue weighted by Gasteiger charge is 2.27. The van der Waals surface area contributed by atoms with E-state index in [1.54, 1.807) is 6.92 Å². The molecule has 8 heteroatoms. The monoisotopic (exact) mass is 532 g/mol. The molecule has 2 aromatic heterocycles. The van der Waals surface area contributed by atoms with E-state index < -0.39 is 17.2 Å². The van der Waals surface area contributed by atoms with Gasteiger partial charge in [0, 0.05) is 18.1 Å². The number of aryl methyl sites for hydroxylation is 2. The lowest BCUT2D eigenvalue weighted by molar-refractivity contribution is 0.0515. The van der Waals surface area contributed by atoms with Crippen LogP contribution in [-0.4, -0.2) is 26.3 Å². The number of esters is 1. The summed E-state index contributed by atoms with van der Waals surface area (Å²) in [5, 5.41) is 10.4. The van der Waals surface area contributed by atoms with E-state index in [-0.39, 0.29) is 30.1 Å². The summed E-state index contributed by atoms with van der Waals surface area (Å²) in [6.07, 6.45) is 1.22. The van der Waals surface area contributed by atoms with Gasteiger partial charge in [-0.25, -0.2) is 9.59 Å². The number of carbonyl (C=O) groups excluding carboxylic acids is 1. The zero-order valence-corrected chi connectivity index (χ0v) is 22.5. The number of nitrogens with zero attached hydrogens (tertiary/aromatic N) is 4. The normalized spacial score (nSPS) is 10.9. The molecule has 200 valence electrons. The quantitative estimate of drug-likeness (QED) is 0.283. The third-order valence-electron chi connectivity index (χ3n) is 6.87. The minimum Gasteiger partial charge on any atom is -0.461 e. The van der Waals surface area contributed by atoms with Crippen molar-refractivity contribution in [3.63, 3.8) is 0 Å². The number of carbonyl (C=O) groups is 1. The SMILES string of the molecule is CCOC(=O)c1c(-n2cc(C#N)c(=O)n(Cc3ccc(C)cc3)c2=O)c2ccccc2n1Cc1ccc(C)cc1. The molecule has 0 saturated carbocycles. The van der Waals surface area contributed by atoms with Gasteiger partial charge in [0.2, 0.25) is 0 Å². The molecule has 5 aromatic rings. The number of nitriles is 1. The summed E-state index contributed by atoms with van der Waals surface area (Å²) in [7, 11) is 0. The molecular formula is C32H28N4O4. The van der Waals surface area contributed by atoms with Crippen LogP contribution < -0.4 is 11.2 Å². The highest BCUT2D eigenvalue weighted by molar-refractivity contribution is 6.03. The Kier molecular flexibility index (Phi) is 7.21. The van der Waals surface area contributed by atoms with Gasteiger partial charge < -0.3 is 9.30 Å². The number of para-hydroxylation sites is 1. The first-order valence-corrected chi connectivity index (χ1v) is 13.0. The average Bonchev–Trinajstić information content (AvgIpc) is 3.27. The minimum atomic E-state index is -0.689. The fourth-order valence-electron chi connectivity index (χ4n) is 4.83. The first-order valence-electron chi connectivity index (χ1n) is 13.0. The summed E-state index contributed by atoms with van der Waals surface area (Å²) in [5.74, 6) is -0.609. The van der Waals surface area contributed by atoms with Crippen molar-refractivity contribution in [2.45, 2.75) is 33.9 Å². The van der Waals surface area contributed by atoms with Crippen LogP contribution in [0.1, 0.15) is 45.2 Å². The minimum absolute atomic E-state index is 0.0236. The van der Waals surface area contributed by atoms with E-state index in [1.165, 1.54) is 10.8 Å². The molecule has 5 rings (SSSR count). The second-order valence-corrected chi connectivity index (χ2v) is 9.69. The molecule has 0 radical (unpaired) electrons. The van der Waals surface area contributed by atoms with E-state index in [9.17, 15) is 19.6 Å². The predicted octanol–water partition coefficient (Wildman–Crippen LogP) is 4.72. The Balaban J connectivity index is 1.81. The molecule has 2 heterocycles. The van der Waals surface area contributed by atoms with Crippen molar-refractivity contribution in [3.05, 3.63) is 133 Å². The molecule has 0 amide bonds. The zero-order valence-electron chi connectivity index (χ0n) is 22.5. The molecule has 0 aliphatic rings. The predicted molar refractivity (Wildman–Crippen MR) is 153 cm³/mol. The molecule has 0 fully saturated rings. The second-order valence-electron chi connectivity index (χ2n) is 9.69. The highest BCUT2D eigenvalue weighted by Crippen LogP contribution is 2.31. The fraction of sp³-hybridized carbons (Fsp3) is 0.188. The molecule has 0 aliphatic carbocycles. The number of hydrogen-bond acceptors (Lipinski definition) is 5. The van der Waals surface area contributed by atoms with Crippen molar-refractivity contribution in [1.82, 2.24) is 13.7 Å². The molecule has 0 aliphatic heterocycles. The van der Waals surface area contributed by atoms with Gasteiger partial charge in [-0.15, -0.1) is 0 Å². The Hall–Kier alpha value is -5.16. The van der Waals surface area contributed by atoms with Gasteiger partial charge in [0.1, 0.15) is 11.6 Å². The van der Waals surface area contributed by atoms with Crippen LogP contribution in [0.2, 0.25) is 0 Å². The van der Waals surface area contributed by atoms with Gasteiger partial charge in [-0.2, -0.15) is 5.26 Å². The largest absolute Gasteiger partial charge is 0.461 e. The van der Waals surface area contributed by atoms with Crippen LogP contribution in [-0.2, 0) is 17.8 Å². The number of benzene rings is 3. The van der Waals surface area contributed by atoms with Crippen LogP contribution in [0.3, 0.4) is 0 Å². The van der Waals surface area contributed by atoms with Gasteiger partial charge >= 0.3 is 11.7 Å². The van der Waals surface area contributed by atoms with Gasteiger partial charge in [-0.3, -0.25) is 13.9 Å². The van der Waals surface area contributed by atoms with Gasteiger partial charge in [-0.1, -0.05) is 77.9 Å². The van der Waals surface area contributed by atoms with Crippen LogP contribution in [0, 0.1) is 25.2 Å². The van der Waals surface area contributed by atoms with Crippen LogP contribution in [0.25, 0.3) is 16.6 Å². The van der Waals surface area contributed by atoms with Crippen molar-refractivity contribution in [3.8, 4) is 11.8 Å². The van der Waals surface area contributed by atoms with Gasteiger partial charge in [0.25, 0.3) is 5.56 Å². The molecular weight excluding hydrogens is 504 g/mol. The maximum Gasteiger partial charge on any atom is 0.357 e. The molecule has 8 nitrogen and oxygen atoms in total. The second kappa shape index (κ2) is 10.9. The third kappa shape index (κ3) is 4.85. The van der Waals surface area contributed by atoms with E-state index in [2.05, 4.69) is 0 Å². The Morgan fingerprint density at radius 2 is 1.43 bits per heavy atom. The van der Waals surface area contributed by atoms with Crippen molar-refractivity contribution < 1.29 is 9.53 Å². The molecule has 0 atom stereocenters. The van der Waals surface area contributed by atoms with Crippen LogP contribution in [0.5, 0.6) is 0 Å². The summed E-state index contributed by atoms with van der Waals surface area (Å²) in [6.45, 7) is 6.12. The zero-order chi connectivity index (χ0) is 28.4. The summed E-state index contributed by atoms with van der Waals surface area (Å²) < 4.78 is 9.55. The first kappa shape index (κ1) is 26.4.